The summed E-state index contributed by atoms with van der Waals surface area (Å²) in [4.78, 5) is 15.2. The number of esters is 1. The third-order valence-corrected chi connectivity index (χ3v) is 2.59. The molecule has 1 aliphatic carbocycles. The van der Waals surface area contributed by atoms with Gasteiger partial charge in [0.15, 0.2) is 0 Å². The lowest BCUT2D eigenvalue weighted by Gasteiger charge is -2.03. The highest BCUT2D eigenvalue weighted by atomic mass is 79.9. The Kier molecular flexibility index (Phi) is 2.74. The molecule has 5 heteroatoms. The summed E-state index contributed by atoms with van der Waals surface area (Å²) in [7, 11) is 0. The fourth-order valence-corrected chi connectivity index (χ4v) is 1.64. The Morgan fingerprint density at radius 3 is 2.93 bits per heavy atom. The minimum Gasteiger partial charge on any atom is -0.406 e. The average molecular weight is 277 g/mol. The third-order valence-electron chi connectivity index (χ3n) is 1.88. The number of pyridine rings is 1. The quantitative estimate of drug-likeness (QED) is 0.780. The summed E-state index contributed by atoms with van der Waals surface area (Å²) < 4.78 is 5.78. The zero-order chi connectivity index (χ0) is 10.1. The van der Waals surface area contributed by atoms with Crippen molar-refractivity contribution in [1.82, 2.24) is 4.98 Å². The number of rotatable bonds is 2. The third kappa shape index (κ3) is 2.25. The molecular weight excluding hydrogens is 269 g/mol. The van der Waals surface area contributed by atoms with Crippen LogP contribution in [0.2, 0.25) is 5.02 Å². The molecule has 0 radical (unpaired) electrons. The van der Waals surface area contributed by atoms with Crippen molar-refractivity contribution in [3.05, 3.63) is 21.8 Å². The smallest absolute Gasteiger partial charge is 0.315 e. The van der Waals surface area contributed by atoms with Crippen molar-refractivity contribution < 1.29 is 9.53 Å². The zero-order valence-corrected chi connectivity index (χ0v) is 9.51. The Hall–Kier alpha value is -0.610. The molecule has 0 unspecified atom stereocenters. The van der Waals surface area contributed by atoms with E-state index in [-0.39, 0.29) is 17.8 Å². The topological polar surface area (TPSA) is 39.2 Å². The molecule has 1 heterocycles. The van der Waals surface area contributed by atoms with E-state index in [1.165, 1.54) is 0 Å². The highest BCUT2D eigenvalue weighted by Crippen LogP contribution is 2.32. The fourth-order valence-electron chi connectivity index (χ4n) is 0.975. The van der Waals surface area contributed by atoms with Crippen molar-refractivity contribution in [3.63, 3.8) is 0 Å². The van der Waals surface area contributed by atoms with Gasteiger partial charge in [-0.3, -0.25) is 4.79 Å². The lowest BCUT2D eigenvalue weighted by atomic mass is 10.4. The van der Waals surface area contributed by atoms with E-state index in [4.69, 9.17) is 16.3 Å². The van der Waals surface area contributed by atoms with Crippen LogP contribution in [0.3, 0.4) is 0 Å². The maximum Gasteiger partial charge on any atom is 0.315 e. The first kappa shape index (κ1) is 9.93. The number of hydrogen-bond acceptors (Lipinski definition) is 3. The molecule has 0 amide bonds. The van der Waals surface area contributed by atoms with Gasteiger partial charge in [0.2, 0.25) is 5.88 Å². The van der Waals surface area contributed by atoms with E-state index in [0.29, 0.717) is 5.02 Å². The van der Waals surface area contributed by atoms with E-state index < -0.39 is 0 Å². The molecule has 1 aliphatic rings. The Morgan fingerprint density at radius 1 is 1.64 bits per heavy atom. The van der Waals surface area contributed by atoms with Crippen molar-refractivity contribution >= 4 is 33.5 Å². The van der Waals surface area contributed by atoms with Gasteiger partial charge >= 0.3 is 5.97 Å². The van der Waals surface area contributed by atoms with Gasteiger partial charge < -0.3 is 4.74 Å². The van der Waals surface area contributed by atoms with E-state index >= 15 is 0 Å². The first-order valence-corrected chi connectivity index (χ1v) is 5.36. The molecule has 0 spiro atoms. The van der Waals surface area contributed by atoms with Crippen LogP contribution in [-0.4, -0.2) is 11.0 Å². The largest absolute Gasteiger partial charge is 0.406 e. The van der Waals surface area contributed by atoms with Gasteiger partial charge in [0.25, 0.3) is 0 Å². The Labute approximate surface area is 94.6 Å². The minimum atomic E-state index is -0.235. The van der Waals surface area contributed by atoms with Crippen LogP contribution in [0.15, 0.2) is 16.7 Å². The lowest BCUT2D eigenvalue weighted by molar-refractivity contribution is -0.136. The van der Waals surface area contributed by atoms with Gasteiger partial charge in [0, 0.05) is 10.7 Å². The Morgan fingerprint density at radius 2 is 2.36 bits per heavy atom. The summed E-state index contributed by atoms with van der Waals surface area (Å²) >= 11 is 9.05. The van der Waals surface area contributed by atoms with Crippen LogP contribution in [0.25, 0.3) is 0 Å². The molecule has 14 heavy (non-hydrogen) atoms. The van der Waals surface area contributed by atoms with Crippen LogP contribution in [0.1, 0.15) is 12.8 Å². The van der Waals surface area contributed by atoms with Gasteiger partial charge in [-0.15, -0.1) is 0 Å². The fraction of sp³-hybridized carbons (Fsp3) is 0.333. The van der Waals surface area contributed by atoms with Crippen molar-refractivity contribution in [1.29, 1.82) is 0 Å². The number of carbonyl (C=O) groups excluding carboxylic acids is 1. The Balaban J connectivity index is 2.11. The molecule has 0 N–H and O–H groups in total. The summed E-state index contributed by atoms with van der Waals surface area (Å²) in [5.74, 6) is 0.00463. The summed E-state index contributed by atoms with van der Waals surface area (Å²) in [6, 6.07) is 1.64. The van der Waals surface area contributed by atoms with Crippen molar-refractivity contribution in [3.8, 4) is 5.88 Å². The van der Waals surface area contributed by atoms with E-state index in [1.54, 1.807) is 12.3 Å². The highest BCUT2D eigenvalue weighted by molar-refractivity contribution is 9.10. The van der Waals surface area contributed by atoms with Crippen LogP contribution < -0.4 is 4.74 Å². The SMILES string of the molecule is O=C(Oc1ncc(Br)cc1Cl)C1CC1. The second-order valence-electron chi connectivity index (χ2n) is 3.14. The molecule has 1 aromatic rings. The van der Waals surface area contributed by atoms with Gasteiger partial charge in [0.1, 0.15) is 5.02 Å². The standard InChI is InChI=1S/C9H7BrClNO2/c10-6-3-7(11)8(12-4-6)14-9(13)5-1-2-5/h3-5H,1-2H2. The molecule has 74 valence electrons. The number of carbonyl (C=O) groups is 1. The van der Waals surface area contributed by atoms with Crippen LogP contribution in [0.5, 0.6) is 5.88 Å². The predicted octanol–water partition coefficient (Wildman–Crippen LogP) is 2.81. The summed E-state index contributed by atoms with van der Waals surface area (Å²) in [5.41, 5.74) is 0. The van der Waals surface area contributed by atoms with E-state index in [9.17, 15) is 4.79 Å². The molecule has 0 saturated heterocycles. The predicted molar refractivity (Wildman–Crippen MR) is 55.3 cm³/mol. The molecule has 2 rings (SSSR count). The Bertz CT molecular complexity index is 379. The second kappa shape index (κ2) is 3.87. The van der Waals surface area contributed by atoms with Gasteiger partial charge in [-0.1, -0.05) is 11.6 Å². The molecular formula is C9H7BrClNO2. The molecule has 0 aliphatic heterocycles. The molecule has 3 nitrogen and oxygen atoms in total. The van der Waals surface area contributed by atoms with Gasteiger partial charge in [-0.2, -0.15) is 0 Å². The van der Waals surface area contributed by atoms with Crippen LogP contribution in [0.4, 0.5) is 0 Å². The van der Waals surface area contributed by atoms with Gasteiger partial charge in [-0.25, -0.2) is 4.98 Å². The number of ether oxygens (including phenoxy) is 1. The normalized spacial score (nSPS) is 15.3. The summed E-state index contributed by atoms with van der Waals surface area (Å²) in [5, 5.41) is 0.341. The summed E-state index contributed by atoms with van der Waals surface area (Å²) in [6.45, 7) is 0. The molecule has 0 aromatic carbocycles. The van der Waals surface area contributed by atoms with Gasteiger partial charge in [-0.05, 0) is 34.8 Å². The minimum absolute atomic E-state index is 0.0523. The monoisotopic (exact) mass is 275 g/mol. The highest BCUT2D eigenvalue weighted by Gasteiger charge is 2.32. The number of nitrogens with zero attached hydrogens (tertiary/aromatic N) is 1. The average Bonchev–Trinajstić information content (AvgIpc) is 2.92. The number of halogens is 2. The maximum atomic E-state index is 11.3. The number of hydrogen-bond donors (Lipinski definition) is 0. The van der Waals surface area contributed by atoms with E-state index in [2.05, 4.69) is 20.9 Å². The summed E-state index contributed by atoms with van der Waals surface area (Å²) in [6.07, 6.45) is 3.36. The molecule has 1 fully saturated rings. The van der Waals surface area contributed by atoms with Crippen LogP contribution in [-0.2, 0) is 4.79 Å². The van der Waals surface area contributed by atoms with E-state index in [0.717, 1.165) is 17.3 Å². The molecule has 0 atom stereocenters. The first-order chi connectivity index (χ1) is 6.66. The van der Waals surface area contributed by atoms with Crippen LogP contribution in [0, 0.1) is 5.92 Å². The lowest BCUT2D eigenvalue weighted by Crippen LogP contribution is -2.10. The number of aromatic nitrogens is 1. The maximum absolute atomic E-state index is 11.3. The van der Waals surface area contributed by atoms with Crippen LogP contribution >= 0.6 is 27.5 Å². The van der Waals surface area contributed by atoms with Crippen molar-refractivity contribution in [2.24, 2.45) is 5.92 Å². The van der Waals surface area contributed by atoms with Crippen molar-refractivity contribution in [2.75, 3.05) is 0 Å². The molecule has 1 aromatic heterocycles. The second-order valence-corrected chi connectivity index (χ2v) is 4.46. The first-order valence-electron chi connectivity index (χ1n) is 4.19. The molecule has 1 saturated carbocycles. The van der Waals surface area contributed by atoms with Crippen molar-refractivity contribution in [2.45, 2.75) is 12.8 Å². The van der Waals surface area contributed by atoms with E-state index in [1.807, 2.05) is 0 Å². The zero-order valence-electron chi connectivity index (χ0n) is 7.17. The molecule has 0 bridgehead atoms. The van der Waals surface area contributed by atoms with Gasteiger partial charge in [0.05, 0.1) is 5.92 Å².